The van der Waals surface area contributed by atoms with Crippen LogP contribution in [0.4, 0.5) is 11.5 Å². The van der Waals surface area contributed by atoms with Crippen molar-refractivity contribution in [2.45, 2.75) is 13.8 Å². The van der Waals surface area contributed by atoms with Gasteiger partial charge in [-0.2, -0.15) is 4.98 Å². The zero-order valence-corrected chi connectivity index (χ0v) is 11.5. The van der Waals surface area contributed by atoms with Crippen LogP contribution in [0.5, 0.6) is 11.6 Å². The van der Waals surface area contributed by atoms with Crippen LogP contribution < -0.4 is 10.1 Å². The second-order valence-electron chi connectivity index (χ2n) is 4.48. The molecule has 0 aliphatic carbocycles. The number of benzene rings is 1. The highest BCUT2D eigenvalue weighted by Gasteiger charge is 2.12. The van der Waals surface area contributed by atoms with Gasteiger partial charge in [-0.15, -0.1) is 0 Å². The Hall–Kier alpha value is -2.63. The molecule has 0 amide bonds. The Bertz CT molecular complexity index is 636. The average Bonchev–Trinajstić information content (AvgIpc) is 2.36. The topological polar surface area (TPSA) is 77.3 Å². The molecule has 0 saturated carbocycles. The van der Waals surface area contributed by atoms with Gasteiger partial charge in [-0.3, -0.25) is 10.1 Å². The molecule has 0 bridgehead atoms. The van der Waals surface area contributed by atoms with Gasteiger partial charge in [0, 0.05) is 7.05 Å². The SMILES string of the molecule is CNc1cc([N+](=O)[O-])cc(Oc2cc(C)cc(C)c2)n1. The van der Waals surface area contributed by atoms with Crippen molar-refractivity contribution < 1.29 is 9.66 Å². The Morgan fingerprint density at radius 1 is 1.15 bits per heavy atom. The van der Waals surface area contributed by atoms with Crippen molar-refractivity contribution in [2.24, 2.45) is 0 Å². The van der Waals surface area contributed by atoms with Gasteiger partial charge in [-0.1, -0.05) is 6.07 Å². The van der Waals surface area contributed by atoms with E-state index in [0.717, 1.165) is 11.1 Å². The number of rotatable bonds is 4. The van der Waals surface area contributed by atoms with Gasteiger partial charge >= 0.3 is 0 Å². The molecule has 0 aliphatic heterocycles. The molecule has 0 atom stereocenters. The lowest BCUT2D eigenvalue weighted by Crippen LogP contribution is -1.98. The van der Waals surface area contributed by atoms with Crippen LogP contribution >= 0.6 is 0 Å². The normalized spacial score (nSPS) is 10.2. The minimum atomic E-state index is -0.475. The molecule has 0 fully saturated rings. The molecule has 1 heterocycles. The van der Waals surface area contributed by atoms with E-state index in [1.165, 1.54) is 12.1 Å². The number of hydrogen-bond acceptors (Lipinski definition) is 5. The fraction of sp³-hybridized carbons (Fsp3) is 0.214. The number of aromatic nitrogens is 1. The Labute approximate surface area is 116 Å². The van der Waals surface area contributed by atoms with E-state index in [4.69, 9.17) is 4.74 Å². The number of aryl methyl sites for hydroxylation is 2. The molecule has 0 aliphatic rings. The largest absolute Gasteiger partial charge is 0.439 e. The van der Waals surface area contributed by atoms with E-state index in [1.807, 2.05) is 32.0 Å². The van der Waals surface area contributed by atoms with E-state index >= 15 is 0 Å². The van der Waals surface area contributed by atoms with E-state index in [9.17, 15) is 10.1 Å². The number of nitrogens with zero attached hydrogens (tertiary/aromatic N) is 2. The van der Waals surface area contributed by atoms with Gasteiger partial charge in [-0.05, 0) is 37.1 Å². The van der Waals surface area contributed by atoms with Crippen molar-refractivity contribution in [3.63, 3.8) is 0 Å². The summed E-state index contributed by atoms with van der Waals surface area (Å²) in [6.45, 7) is 3.92. The van der Waals surface area contributed by atoms with E-state index in [0.29, 0.717) is 11.6 Å². The second-order valence-corrected chi connectivity index (χ2v) is 4.48. The van der Waals surface area contributed by atoms with Gasteiger partial charge < -0.3 is 10.1 Å². The van der Waals surface area contributed by atoms with Crippen molar-refractivity contribution in [2.75, 3.05) is 12.4 Å². The molecule has 1 aromatic carbocycles. The van der Waals surface area contributed by atoms with Crippen LogP contribution in [-0.4, -0.2) is 17.0 Å². The van der Waals surface area contributed by atoms with Crippen LogP contribution in [0.15, 0.2) is 30.3 Å². The zero-order valence-electron chi connectivity index (χ0n) is 11.5. The lowest BCUT2D eigenvalue weighted by atomic mass is 10.1. The van der Waals surface area contributed by atoms with Gasteiger partial charge in [0.25, 0.3) is 5.69 Å². The van der Waals surface area contributed by atoms with Crippen LogP contribution in [0.25, 0.3) is 0 Å². The summed E-state index contributed by atoms with van der Waals surface area (Å²) in [5, 5.41) is 13.7. The minimum absolute atomic E-state index is 0.0660. The lowest BCUT2D eigenvalue weighted by Gasteiger charge is -2.08. The predicted octanol–water partition coefficient (Wildman–Crippen LogP) is 3.44. The Morgan fingerprint density at radius 2 is 1.80 bits per heavy atom. The molecule has 6 heteroatoms. The lowest BCUT2D eigenvalue weighted by molar-refractivity contribution is -0.384. The van der Waals surface area contributed by atoms with E-state index in [1.54, 1.807) is 7.05 Å². The van der Waals surface area contributed by atoms with Crippen molar-refractivity contribution in [1.29, 1.82) is 0 Å². The molecule has 20 heavy (non-hydrogen) atoms. The van der Waals surface area contributed by atoms with Crippen LogP contribution in [0.3, 0.4) is 0 Å². The molecule has 0 unspecified atom stereocenters. The van der Waals surface area contributed by atoms with Gasteiger partial charge in [0.2, 0.25) is 5.88 Å². The zero-order chi connectivity index (χ0) is 14.7. The first-order valence-electron chi connectivity index (χ1n) is 6.08. The second kappa shape index (κ2) is 5.56. The molecule has 1 N–H and O–H groups in total. The molecule has 0 spiro atoms. The molecule has 1 aromatic heterocycles. The Balaban J connectivity index is 2.37. The van der Waals surface area contributed by atoms with Gasteiger partial charge in [0.1, 0.15) is 11.6 Å². The van der Waals surface area contributed by atoms with Crippen LogP contribution in [0.2, 0.25) is 0 Å². The van der Waals surface area contributed by atoms with Crippen molar-refractivity contribution in [3.8, 4) is 11.6 Å². The number of hydrogen-bond donors (Lipinski definition) is 1. The highest BCUT2D eigenvalue weighted by molar-refractivity contribution is 5.49. The predicted molar refractivity (Wildman–Crippen MR) is 76.4 cm³/mol. The summed E-state index contributed by atoms with van der Waals surface area (Å²) in [5.41, 5.74) is 2.04. The summed E-state index contributed by atoms with van der Waals surface area (Å²) < 4.78 is 5.62. The first kappa shape index (κ1) is 13.8. The molecule has 2 rings (SSSR count). The van der Waals surface area contributed by atoms with E-state index < -0.39 is 4.92 Å². The van der Waals surface area contributed by atoms with Gasteiger partial charge in [0.05, 0.1) is 17.1 Å². The quantitative estimate of drug-likeness (QED) is 0.682. The molecule has 6 nitrogen and oxygen atoms in total. The summed E-state index contributed by atoms with van der Waals surface area (Å²) >= 11 is 0. The third-order valence-electron chi connectivity index (χ3n) is 2.67. The number of nitrogens with one attached hydrogen (secondary N) is 1. The maximum absolute atomic E-state index is 10.9. The molecule has 0 radical (unpaired) electrons. The fourth-order valence-corrected chi connectivity index (χ4v) is 1.89. The Kier molecular flexibility index (Phi) is 3.84. The summed E-state index contributed by atoms with van der Waals surface area (Å²) in [4.78, 5) is 14.6. The van der Waals surface area contributed by atoms with E-state index in [-0.39, 0.29) is 11.6 Å². The molecule has 0 saturated heterocycles. The summed E-state index contributed by atoms with van der Waals surface area (Å²) in [6.07, 6.45) is 0. The maximum atomic E-state index is 10.9. The summed E-state index contributed by atoms with van der Waals surface area (Å²) in [6, 6.07) is 8.39. The smallest absolute Gasteiger partial charge is 0.278 e. The first-order chi connectivity index (χ1) is 9.47. The molecule has 2 aromatic rings. The van der Waals surface area contributed by atoms with Crippen LogP contribution in [0.1, 0.15) is 11.1 Å². The van der Waals surface area contributed by atoms with Crippen molar-refractivity contribution in [1.82, 2.24) is 4.98 Å². The first-order valence-corrected chi connectivity index (χ1v) is 6.08. The van der Waals surface area contributed by atoms with Crippen LogP contribution in [-0.2, 0) is 0 Å². The van der Waals surface area contributed by atoms with Crippen molar-refractivity contribution >= 4 is 11.5 Å². The minimum Gasteiger partial charge on any atom is -0.439 e. The monoisotopic (exact) mass is 273 g/mol. The molecular formula is C14H15N3O3. The average molecular weight is 273 g/mol. The molecule has 104 valence electrons. The maximum Gasteiger partial charge on any atom is 0.278 e. The number of nitro groups is 1. The van der Waals surface area contributed by atoms with Crippen LogP contribution in [0, 0.1) is 24.0 Å². The van der Waals surface area contributed by atoms with Gasteiger partial charge in [-0.25, -0.2) is 0 Å². The number of anilines is 1. The fourth-order valence-electron chi connectivity index (χ4n) is 1.89. The third-order valence-corrected chi connectivity index (χ3v) is 2.67. The Morgan fingerprint density at radius 3 is 2.35 bits per heavy atom. The number of ether oxygens (including phenoxy) is 1. The highest BCUT2D eigenvalue weighted by Crippen LogP contribution is 2.27. The third kappa shape index (κ3) is 3.23. The molecular weight excluding hydrogens is 258 g/mol. The number of pyridine rings is 1. The summed E-state index contributed by atoms with van der Waals surface area (Å²) in [7, 11) is 1.65. The van der Waals surface area contributed by atoms with E-state index in [2.05, 4.69) is 10.3 Å². The summed E-state index contributed by atoms with van der Waals surface area (Å²) in [5.74, 6) is 1.18. The van der Waals surface area contributed by atoms with Gasteiger partial charge in [0.15, 0.2) is 0 Å². The van der Waals surface area contributed by atoms with Crippen molar-refractivity contribution in [3.05, 3.63) is 51.6 Å². The highest BCUT2D eigenvalue weighted by atomic mass is 16.6. The standard InChI is InChI=1S/C14H15N3O3/c1-9-4-10(2)6-12(5-9)20-14-8-11(17(18)19)7-13(15-3)16-14/h4-8H,1-3H3,(H,15,16).